The first kappa shape index (κ1) is 15.1. The molecule has 1 aromatic rings. The van der Waals surface area contributed by atoms with E-state index in [2.05, 4.69) is 12.2 Å². The minimum absolute atomic E-state index is 0.0373. The Morgan fingerprint density at radius 2 is 2.15 bits per heavy atom. The number of benzene rings is 1. The van der Waals surface area contributed by atoms with Crippen molar-refractivity contribution in [3.05, 3.63) is 28.8 Å². The zero-order valence-corrected chi connectivity index (χ0v) is 12.6. The van der Waals surface area contributed by atoms with Gasteiger partial charge < -0.3 is 15.0 Å². The molecular weight excluding hydrogens is 276 g/mol. The van der Waals surface area contributed by atoms with Crippen LogP contribution in [0.1, 0.15) is 25.3 Å². The molecule has 1 fully saturated rings. The van der Waals surface area contributed by atoms with Crippen molar-refractivity contribution in [2.75, 3.05) is 26.2 Å². The average molecular weight is 297 g/mol. The van der Waals surface area contributed by atoms with Gasteiger partial charge in [0.15, 0.2) is 6.61 Å². The first-order valence-electron chi connectivity index (χ1n) is 7.10. The molecule has 0 saturated carbocycles. The topological polar surface area (TPSA) is 41.6 Å². The summed E-state index contributed by atoms with van der Waals surface area (Å²) in [7, 11) is 0. The Bertz CT molecular complexity index is 459. The van der Waals surface area contributed by atoms with Gasteiger partial charge in [0.1, 0.15) is 5.75 Å². The van der Waals surface area contributed by atoms with Crippen LogP contribution in [0.15, 0.2) is 18.2 Å². The van der Waals surface area contributed by atoms with Gasteiger partial charge in [0.25, 0.3) is 5.91 Å². The van der Waals surface area contributed by atoms with E-state index in [-0.39, 0.29) is 12.5 Å². The Balaban J connectivity index is 1.87. The first-order chi connectivity index (χ1) is 9.70. The molecule has 0 aliphatic carbocycles. The Kier molecular flexibility index (Phi) is 5.68. The smallest absolute Gasteiger partial charge is 0.260 e. The third-order valence-electron chi connectivity index (χ3n) is 3.39. The minimum Gasteiger partial charge on any atom is -0.482 e. The van der Waals surface area contributed by atoms with Crippen LogP contribution in [0.3, 0.4) is 0 Å². The van der Waals surface area contributed by atoms with E-state index in [1.165, 1.54) is 0 Å². The molecule has 0 bridgehead atoms. The van der Waals surface area contributed by atoms with E-state index in [1.54, 1.807) is 0 Å². The normalized spacial score (nSPS) is 14.6. The van der Waals surface area contributed by atoms with Crippen molar-refractivity contribution in [1.29, 1.82) is 0 Å². The largest absolute Gasteiger partial charge is 0.482 e. The highest BCUT2D eigenvalue weighted by atomic mass is 35.5. The summed E-state index contributed by atoms with van der Waals surface area (Å²) in [6, 6.07) is 5.66. The summed E-state index contributed by atoms with van der Waals surface area (Å²) in [6.45, 7) is 5.51. The van der Waals surface area contributed by atoms with Gasteiger partial charge in [0.05, 0.1) is 5.02 Å². The molecule has 1 heterocycles. The highest BCUT2D eigenvalue weighted by molar-refractivity contribution is 6.32. The SMILES string of the molecule is CCNCc1ccc(OCC(=O)N2CCCC2)c(Cl)c1. The summed E-state index contributed by atoms with van der Waals surface area (Å²) in [6.07, 6.45) is 2.18. The highest BCUT2D eigenvalue weighted by Gasteiger charge is 2.18. The molecule has 0 spiro atoms. The van der Waals surface area contributed by atoms with Crippen molar-refractivity contribution in [1.82, 2.24) is 10.2 Å². The number of hydrogen-bond acceptors (Lipinski definition) is 3. The van der Waals surface area contributed by atoms with E-state index >= 15 is 0 Å². The van der Waals surface area contributed by atoms with E-state index in [4.69, 9.17) is 16.3 Å². The fourth-order valence-corrected chi connectivity index (χ4v) is 2.50. The van der Waals surface area contributed by atoms with Crippen molar-refractivity contribution in [3.63, 3.8) is 0 Å². The molecule has 1 aliphatic rings. The number of nitrogens with one attached hydrogen (secondary N) is 1. The molecule has 1 aliphatic heterocycles. The van der Waals surface area contributed by atoms with E-state index in [0.29, 0.717) is 10.8 Å². The van der Waals surface area contributed by atoms with Crippen molar-refractivity contribution in [2.24, 2.45) is 0 Å². The molecule has 0 atom stereocenters. The highest BCUT2D eigenvalue weighted by Crippen LogP contribution is 2.25. The molecule has 5 heteroatoms. The van der Waals surface area contributed by atoms with E-state index in [0.717, 1.165) is 44.6 Å². The second-order valence-electron chi connectivity index (χ2n) is 4.92. The lowest BCUT2D eigenvalue weighted by Gasteiger charge is -2.16. The van der Waals surface area contributed by atoms with Gasteiger partial charge in [-0.1, -0.05) is 24.6 Å². The molecule has 0 radical (unpaired) electrons. The molecule has 4 nitrogen and oxygen atoms in total. The van der Waals surface area contributed by atoms with Crippen LogP contribution in [0.4, 0.5) is 0 Å². The van der Waals surface area contributed by atoms with Crippen LogP contribution in [-0.2, 0) is 11.3 Å². The van der Waals surface area contributed by atoms with Crippen molar-refractivity contribution in [3.8, 4) is 5.75 Å². The number of halogens is 1. The summed E-state index contributed by atoms with van der Waals surface area (Å²) in [5.41, 5.74) is 1.11. The van der Waals surface area contributed by atoms with Gasteiger partial charge in [0, 0.05) is 19.6 Å². The predicted octanol–water partition coefficient (Wildman–Crippen LogP) is 2.45. The van der Waals surface area contributed by atoms with Gasteiger partial charge in [0.2, 0.25) is 0 Å². The van der Waals surface area contributed by atoms with E-state index in [9.17, 15) is 4.79 Å². The van der Waals surface area contributed by atoms with E-state index in [1.807, 2.05) is 23.1 Å². The molecule has 1 N–H and O–H groups in total. The zero-order chi connectivity index (χ0) is 14.4. The standard InChI is InChI=1S/C15H21ClN2O2/c1-2-17-10-12-5-6-14(13(16)9-12)20-11-15(19)18-7-3-4-8-18/h5-6,9,17H,2-4,7-8,10-11H2,1H3. The molecule has 110 valence electrons. The lowest BCUT2D eigenvalue weighted by atomic mass is 10.2. The molecule has 0 unspecified atom stereocenters. The Labute approximate surface area is 125 Å². The molecule has 20 heavy (non-hydrogen) atoms. The van der Waals surface area contributed by atoms with Crippen LogP contribution >= 0.6 is 11.6 Å². The third kappa shape index (κ3) is 4.12. The number of ether oxygens (including phenoxy) is 1. The molecule has 2 rings (SSSR count). The molecule has 1 aromatic carbocycles. The first-order valence-corrected chi connectivity index (χ1v) is 7.48. The number of likely N-dealkylation sites (tertiary alicyclic amines) is 1. The molecule has 1 amide bonds. The second kappa shape index (κ2) is 7.50. The Morgan fingerprint density at radius 1 is 1.40 bits per heavy atom. The van der Waals surface area contributed by atoms with Crippen molar-refractivity contribution in [2.45, 2.75) is 26.3 Å². The van der Waals surface area contributed by atoms with Crippen LogP contribution in [0.2, 0.25) is 5.02 Å². The summed E-state index contributed by atoms with van der Waals surface area (Å²) >= 11 is 6.17. The van der Waals surface area contributed by atoms with Gasteiger partial charge in [-0.2, -0.15) is 0 Å². The molecule has 1 saturated heterocycles. The van der Waals surface area contributed by atoms with Gasteiger partial charge in [-0.05, 0) is 37.1 Å². The lowest BCUT2D eigenvalue weighted by Crippen LogP contribution is -2.32. The maximum atomic E-state index is 11.9. The van der Waals surface area contributed by atoms with Crippen LogP contribution in [0, 0.1) is 0 Å². The van der Waals surface area contributed by atoms with Gasteiger partial charge >= 0.3 is 0 Å². The van der Waals surface area contributed by atoms with Crippen molar-refractivity contribution >= 4 is 17.5 Å². The average Bonchev–Trinajstić information content (AvgIpc) is 2.98. The third-order valence-corrected chi connectivity index (χ3v) is 3.68. The van der Waals surface area contributed by atoms with Crippen LogP contribution in [-0.4, -0.2) is 37.0 Å². The predicted molar refractivity (Wildman–Crippen MR) is 80.1 cm³/mol. The molecule has 0 aromatic heterocycles. The zero-order valence-electron chi connectivity index (χ0n) is 11.8. The van der Waals surface area contributed by atoms with Gasteiger partial charge in [-0.15, -0.1) is 0 Å². The van der Waals surface area contributed by atoms with Crippen LogP contribution < -0.4 is 10.1 Å². The number of amides is 1. The van der Waals surface area contributed by atoms with Crippen molar-refractivity contribution < 1.29 is 9.53 Å². The van der Waals surface area contributed by atoms with Crippen LogP contribution in [0.25, 0.3) is 0 Å². The number of nitrogens with zero attached hydrogens (tertiary/aromatic N) is 1. The van der Waals surface area contributed by atoms with Gasteiger partial charge in [-0.25, -0.2) is 0 Å². The van der Waals surface area contributed by atoms with Crippen LogP contribution in [0.5, 0.6) is 5.75 Å². The van der Waals surface area contributed by atoms with E-state index < -0.39 is 0 Å². The van der Waals surface area contributed by atoms with Gasteiger partial charge in [-0.3, -0.25) is 4.79 Å². The fourth-order valence-electron chi connectivity index (χ4n) is 2.24. The summed E-state index contributed by atoms with van der Waals surface area (Å²) < 4.78 is 5.53. The lowest BCUT2D eigenvalue weighted by molar-refractivity contribution is -0.132. The Morgan fingerprint density at radius 3 is 2.80 bits per heavy atom. The quantitative estimate of drug-likeness (QED) is 0.877. The minimum atomic E-state index is 0.0373. The Hall–Kier alpha value is -1.26. The summed E-state index contributed by atoms with van der Waals surface area (Å²) in [4.78, 5) is 13.7. The fraction of sp³-hybridized carbons (Fsp3) is 0.533. The molecular formula is C15H21ClN2O2. The summed E-state index contributed by atoms with van der Waals surface area (Å²) in [5.74, 6) is 0.606. The number of carbonyl (C=O) groups excluding carboxylic acids is 1. The monoisotopic (exact) mass is 296 g/mol. The summed E-state index contributed by atoms with van der Waals surface area (Å²) in [5, 5.41) is 3.79. The number of hydrogen-bond donors (Lipinski definition) is 1. The maximum Gasteiger partial charge on any atom is 0.260 e. The maximum absolute atomic E-state index is 11.9. The number of rotatable bonds is 6. The second-order valence-corrected chi connectivity index (χ2v) is 5.33. The number of carbonyl (C=O) groups is 1.